The lowest BCUT2D eigenvalue weighted by atomic mass is 10.1. The number of nitrogens with one attached hydrogen (secondary N) is 1. The van der Waals surface area contributed by atoms with Crippen LogP contribution >= 0.6 is 0 Å². The molecule has 1 atom stereocenters. The second-order valence-corrected chi connectivity index (χ2v) is 5.89. The number of fused-ring (bicyclic) bond motifs is 2. The highest BCUT2D eigenvalue weighted by Crippen LogP contribution is 2.28. The summed E-state index contributed by atoms with van der Waals surface area (Å²) in [6.45, 7) is 0.577. The van der Waals surface area contributed by atoms with Crippen LogP contribution in [0.5, 0.6) is 5.75 Å². The summed E-state index contributed by atoms with van der Waals surface area (Å²) in [7, 11) is 0. The average molecular weight is 322 g/mol. The van der Waals surface area contributed by atoms with Gasteiger partial charge in [-0.25, -0.2) is 4.98 Å². The topological polar surface area (TPSA) is 64.4 Å². The fourth-order valence-electron chi connectivity index (χ4n) is 2.92. The minimum Gasteiger partial charge on any atom is -0.480 e. The van der Waals surface area contributed by atoms with E-state index in [-0.39, 0.29) is 5.91 Å². The van der Waals surface area contributed by atoms with Crippen molar-refractivity contribution >= 4 is 17.0 Å². The molecule has 5 nitrogen and oxygen atoms in total. The number of oxazole rings is 1. The van der Waals surface area contributed by atoms with E-state index in [1.165, 1.54) is 0 Å². The van der Waals surface area contributed by atoms with E-state index in [0.717, 1.165) is 28.8 Å². The SMILES string of the molecule is O=C(NCCCc1nc2ccccc2o1)C1Cc2ccccc2O1. The highest BCUT2D eigenvalue weighted by Gasteiger charge is 2.28. The van der Waals surface area contributed by atoms with Crippen LogP contribution in [0.1, 0.15) is 17.9 Å². The van der Waals surface area contributed by atoms with Crippen LogP contribution in [-0.4, -0.2) is 23.5 Å². The Balaban J connectivity index is 1.25. The third kappa shape index (κ3) is 2.97. The second-order valence-electron chi connectivity index (χ2n) is 5.89. The van der Waals surface area contributed by atoms with E-state index in [1.807, 2.05) is 48.5 Å². The summed E-state index contributed by atoms with van der Waals surface area (Å²) in [5, 5.41) is 2.93. The molecule has 24 heavy (non-hydrogen) atoms. The second kappa shape index (κ2) is 6.35. The molecule has 4 rings (SSSR count). The number of rotatable bonds is 5. The highest BCUT2D eigenvalue weighted by molar-refractivity contribution is 5.82. The number of hydrogen-bond donors (Lipinski definition) is 1. The van der Waals surface area contributed by atoms with Gasteiger partial charge in [-0.15, -0.1) is 0 Å². The smallest absolute Gasteiger partial charge is 0.261 e. The summed E-state index contributed by atoms with van der Waals surface area (Å²) in [6.07, 6.45) is 1.68. The average Bonchev–Trinajstić information content (AvgIpc) is 3.21. The summed E-state index contributed by atoms with van der Waals surface area (Å²) >= 11 is 0. The maximum atomic E-state index is 12.2. The van der Waals surface area contributed by atoms with Crippen molar-refractivity contribution < 1.29 is 13.9 Å². The lowest BCUT2D eigenvalue weighted by Crippen LogP contribution is -2.38. The summed E-state index contributed by atoms with van der Waals surface area (Å²) in [5.41, 5.74) is 2.76. The standard InChI is InChI=1S/C19H18N2O3/c22-19(17-12-13-6-1-3-8-15(13)23-17)20-11-5-10-18-21-14-7-2-4-9-16(14)24-18/h1-4,6-9,17H,5,10-12H2,(H,20,22). The van der Waals surface area contributed by atoms with Gasteiger partial charge in [0.25, 0.3) is 5.91 Å². The van der Waals surface area contributed by atoms with E-state index in [4.69, 9.17) is 9.15 Å². The van der Waals surface area contributed by atoms with Gasteiger partial charge in [-0.1, -0.05) is 30.3 Å². The molecule has 1 aliphatic heterocycles. The van der Waals surface area contributed by atoms with E-state index in [2.05, 4.69) is 10.3 Å². The molecule has 0 bridgehead atoms. The number of hydrogen-bond acceptors (Lipinski definition) is 4. The summed E-state index contributed by atoms with van der Waals surface area (Å²) in [5.74, 6) is 1.45. The van der Waals surface area contributed by atoms with Gasteiger partial charge in [-0.05, 0) is 30.2 Å². The summed E-state index contributed by atoms with van der Waals surface area (Å²) in [6, 6.07) is 15.5. The van der Waals surface area contributed by atoms with Crippen molar-refractivity contribution in [3.8, 4) is 5.75 Å². The van der Waals surface area contributed by atoms with Crippen LogP contribution in [0.15, 0.2) is 52.9 Å². The van der Waals surface area contributed by atoms with Crippen molar-refractivity contribution in [3.05, 3.63) is 60.0 Å². The number of carbonyl (C=O) groups is 1. The van der Waals surface area contributed by atoms with Crippen molar-refractivity contribution in [1.82, 2.24) is 10.3 Å². The van der Waals surface area contributed by atoms with Gasteiger partial charge in [-0.3, -0.25) is 4.79 Å². The Labute approximate surface area is 139 Å². The molecule has 0 saturated heterocycles. The van der Waals surface area contributed by atoms with E-state index >= 15 is 0 Å². The third-order valence-electron chi connectivity index (χ3n) is 4.14. The minimum absolute atomic E-state index is 0.0660. The van der Waals surface area contributed by atoms with Gasteiger partial charge in [0.1, 0.15) is 11.3 Å². The molecule has 0 saturated carbocycles. The Morgan fingerprint density at radius 2 is 2.00 bits per heavy atom. The number of aryl methyl sites for hydroxylation is 1. The molecule has 2 aromatic carbocycles. The van der Waals surface area contributed by atoms with E-state index < -0.39 is 6.10 Å². The number of benzene rings is 2. The van der Waals surface area contributed by atoms with Gasteiger partial charge < -0.3 is 14.5 Å². The Morgan fingerprint density at radius 1 is 1.17 bits per heavy atom. The van der Waals surface area contributed by atoms with Crippen LogP contribution in [0, 0.1) is 0 Å². The number of aromatic nitrogens is 1. The molecule has 0 spiro atoms. The normalized spacial score (nSPS) is 15.9. The molecule has 122 valence electrons. The monoisotopic (exact) mass is 322 g/mol. The molecule has 1 aliphatic rings. The van der Waals surface area contributed by atoms with E-state index in [9.17, 15) is 4.79 Å². The fourth-order valence-corrected chi connectivity index (χ4v) is 2.92. The van der Waals surface area contributed by atoms with Gasteiger partial charge in [0.15, 0.2) is 17.6 Å². The van der Waals surface area contributed by atoms with Crippen LogP contribution in [0.25, 0.3) is 11.1 Å². The molecule has 1 unspecified atom stereocenters. The molecular weight excluding hydrogens is 304 g/mol. The zero-order valence-corrected chi connectivity index (χ0v) is 13.2. The molecule has 0 radical (unpaired) electrons. The lowest BCUT2D eigenvalue weighted by Gasteiger charge is -2.10. The maximum Gasteiger partial charge on any atom is 0.261 e. The van der Waals surface area contributed by atoms with Crippen LogP contribution < -0.4 is 10.1 Å². The number of para-hydroxylation sites is 3. The third-order valence-corrected chi connectivity index (χ3v) is 4.14. The molecule has 1 amide bonds. The molecular formula is C19H18N2O3. The predicted octanol–water partition coefficient (Wildman–Crippen LogP) is 2.88. The molecule has 0 fully saturated rings. The summed E-state index contributed by atoms with van der Waals surface area (Å²) < 4.78 is 11.3. The molecule has 3 aromatic rings. The Kier molecular flexibility index (Phi) is 3.91. The quantitative estimate of drug-likeness (QED) is 0.734. The summed E-state index contributed by atoms with van der Waals surface area (Å²) in [4.78, 5) is 16.6. The van der Waals surface area contributed by atoms with Crippen LogP contribution in [0.2, 0.25) is 0 Å². The zero-order chi connectivity index (χ0) is 16.4. The number of ether oxygens (including phenoxy) is 1. The van der Waals surface area contributed by atoms with E-state index in [0.29, 0.717) is 25.3 Å². The maximum absolute atomic E-state index is 12.2. The van der Waals surface area contributed by atoms with Crippen molar-refractivity contribution in [1.29, 1.82) is 0 Å². The van der Waals surface area contributed by atoms with Gasteiger partial charge in [0, 0.05) is 19.4 Å². The fraction of sp³-hybridized carbons (Fsp3) is 0.263. The van der Waals surface area contributed by atoms with Gasteiger partial charge >= 0.3 is 0 Å². The van der Waals surface area contributed by atoms with Crippen molar-refractivity contribution in [2.45, 2.75) is 25.4 Å². The van der Waals surface area contributed by atoms with Gasteiger partial charge in [0.2, 0.25) is 0 Å². The van der Waals surface area contributed by atoms with Crippen LogP contribution in [0.3, 0.4) is 0 Å². The highest BCUT2D eigenvalue weighted by atomic mass is 16.5. The van der Waals surface area contributed by atoms with Crippen LogP contribution in [-0.2, 0) is 17.6 Å². The van der Waals surface area contributed by atoms with Gasteiger partial charge in [0.05, 0.1) is 0 Å². The molecule has 1 N–H and O–H groups in total. The zero-order valence-electron chi connectivity index (χ0n) is 13.2. The first-order valence-electron chi connectivity index (χ1n) is 8.16. The molecule has 5 heteroatoms. The van der Waals surface area contributed by atoms with Crippen molar-refractivity contribution in [2.24, 2.45) is 0 Å². The predicted molar refractivity (Wildman–Crippen MR) is 89.9 cm³/mol. The largest absolute Gasteiger partial charge is 0.480 e. The van der Waals surface area contributed by atoms with Crippen LogP contribution in [0.4, 0.5) is 0 Å². The Hall–Kier alpha value is -2.82. The molecule has 1 aromatic heterocycles. The van der Waals surface area contributed by atoms with Crippen molar-refractivity contribution in [2.75, 3.05) is 6.54 Å². The lowest BCUT2D eigenvalue weighted by molar-refractivity contribution is -0.127. The number of carbonyl (C=O) groups excluding carboxylic acids is 1. The first kappa shape index (κ1) is 14.8. The minimum atomic E-state index is -0.424. The number of amides is 1. The first-order valence-corrected chi connectivity index (χ1v) is 8.16. The van der Waals surface area contributed by atoms with Crippen molar-refractivity contribution in [3.63, 3.8) is 0 Å². The van der Waals surface area contributed by atoms with E-state index in [1.54, 1.807) is 0 Å². The number of nitrogens with zero attached hydrogens (tertiary/aromatic N) is 1. The Morgan fingerprint density at radius 3 is 2.88 bits per heavy atom. The Bertz CT molecular complexity index is 814. The molecule has 2 heterocycles. The van der Waals surface area contributed by atoms with Gasteiger partial charge in [-0.2, -0.15) is 0 Å². The molecule has 0 aliphatic carbocycles. The first-order chi connectivity index (χ1) is 11.8.